The van der Waals surface area contributed by atoms with Crippen LogP contribution in [0, 0.1) is 13.8 Å². The standard InChI is InChI=1S/C23H25N3O2S/c1-16-8-6-12-21(17(16)2)26-23(19-14-29(28)15-20(19)25-26)24-22(27)13-7-11-18-9-4-3-5-10-18/h3-6,8-10,12H,7,11,13-15H2,1-2H3,(H,24,27)/t29-/m1/s1. The van der Waals surface area contributed by atoms with Gasteiger partial charge in [0.05, 0.1) is 22.9 Å². The summed E-state index contributed by atoms with van der Waals surface area (Å²) in [5, 5.41) is 7.77. The third-order valence-corrected chi connectivity index (χ3v) is 6.65. The molecule has 29 heavy (non-hydrogen) atoms. The van der Waals surface area contributed by atoms with Gasteiger partial charge in [0.15, 0.2) is 0 Å². The Morgan fingerprint density at radius 3 is 2.69 bits per heavy atom. The molecule has 1 aliphatic rings. The fourth-order valence-corrected chi connectivity index (χ4v) is 4.95. The first-order valence-corrected chi connectivity index (χ1v) is 11.4. The number of nitrogens with zero attached hydrogens (tertiary/aromatic N) is 2. The summed E-state index contributed by atoms with van der Waals surface area (Å²) in [7, 11) is -0.945. The Hall–Kier alpha value is -2.73. The van der Waals surface area contributed by atoms with Crippen LogP contribution in [0.2, 0.25) is 0 Å². The minimum absolute atomic E-state index is 0.0344. The van der Waals surface area contributed by atoms with Crippen LogP contribution in [0.5, 0.6) is 0 Å². The first kappa shape index (κ1) is 19.6. The van der Waals surface area contributed by atoms with Gasteiger partial charge in [-0.2, -0.15) is 5.10 Å². The van der Waals surface area contributed by atoms with Gasteiger partial charge in [0.2, 0.25) is 5.91 Å². The smallest absolute Gasteiger partial charge is 0.225 e. The van der Waals surface area contributed by atoms with Crippen LogP contribution in [-0.2, 0) is 33.5 Å². The molecule has 0 saturated heterocycles. The van der Waals surface area contributed by atoms with E-state index in [4.69, 9.17) is 5.10 Å². The SMILES string of the molecule is Cc1cccc(-n2nc3c(c2NC(=O)CCCc2ccccc2)C[S@@](=O)C3)c1C. The molecule has 1 atom stereocenters. The summed E-state index contributed by atoms with van der Waals surface area (Å²) in [6, 6.07) is 16.2. The van der Waals surface area contributed by atoms with Crippen molar-refractivity contribution in [3.05, 3.63) is 76.5 Å². The van der Waals surface area contributed by atoms with E-state index in [1.165, 1.54) is 11.1 Å². The van der Waals surface area contributed by atoms with Crippen LogP contribution in [0.3, 0.4) is 0 Å². The number of amides is 1. The van der Waals surface area contributed by atoms with E-state index in [9.17, 15) is 9.00 Å². The lowest BCUT2D eigenvalue weighted by molar-refractivity contribution is -0.116. The van der Waals surface area contributed by atoms with Crippen LogP contribution in [0.1, 0.15) is 40.8 Å². The number of fused-ring (bicyclic) bond motifs is 1. The Balaban J connectivity index is 1.55. The Morgan fingerprint density at radius 1 is 1.10 bits per heavy atom. The van der Waals surface area contributed by atoms with Crippen LogP contribution in [0.15, 0.2) is 48.5 Å². The lowest BCUT2D eigenvalue weighted by Crippen LogP contribution is -2.17. The van der Waals surface area contributed by atoms with Gasteiger partial charge < -0.3 is 5.32 Å². The molecule has 0 spiro atoms. The summed E-state index contributed by atoms with van der Waals surface area (Å²) in [5.74, 6) is 1.53. The van der Waals surface area contributed by atoms with E-state index in [1.807, 2.05) is 35.0 Å². The molecule has 0 radical (unpaired) electrons. The highest BCUT2D eigenvalue weighted by Gasteiger charge is 2.28. The molecule has 1 amide bonds. The molecule has 2 aromatic carbocycles. The largest absolute Gasteiger partial charge is 0.310 e. The van der Waals surface area contributed by atoms with Crippen LogP contribution >= 0.6 is 0 Å². The molecule has 1 N–H and O–H groups in total. The fourth-order valence-electron chi connectivity index (χ4n) is 3.69. The quantitative estimate of drug-likeness (QED) is 0.666. The van der Waals surface area contributed by atoms with Gasteiger partial charge in [-0.1, -0.05) is 42.5 Å². The zero-order valence-electron chi connectivity index (χ0n) is 16.8. The van der Waals surface area contributed by atoms with E-state index in [0.717, 1.165) is 35.3 Å². The third-order valence-electron chi connectivity index (χ3n) is 5.44. The number of rotatable bonds is 6. The van der Waals surface area contributed by atoms with Crippen molar-refractivity contribution in [3.8, 4) is 5.69 Å². The second kappa shape index (κ2) is 8.33. The highest BCUT2D eigenvalue weighted by Crippen LogP contribution is 2.32. The number of anilines is 1. The third kappa shape index (κ3) is 4.17. The minimum Gasteiger partial charge on any atom is -0.310 e. The van der Waals surface area contributed by atoms with Crippen molar-refractivity contribution in [2.45, 2.75) is 44.6 Å². The van der Waals surface area contributed by atoms with Crippen molar-refractivity contribution in [2.75, 3.05) is 5.32 Å². The van der Waals surface area contributed by atoms with Crippen LogP contribution < -0.4 is 5.32 Å². The van der Waals surface area contributed by atoms with E-state index in [2.05, 4.69) is 37.4 Å². The molecule has 0 saturated carbocycles. The van der Waals surface area contributed by atoms with Gasteiger partial charge in [-0.25, -0.2) is 4.68 Å². The molecule has 0 unspecified atom stereocenters. The highest BCUT2D eigenvalue weighted by molar-refractivity contribution is 7.83. The molecule has 4 rings (SSSR count). The van der Waals surface area contributed by atoms with Crippen LogP contribution in [-0.4, -0.2) is 19.9 Å². The number of aryl methyl sites for hydroxylation is 2. The molecule has 5 nitrogen and oxygen atoms in total. The van der Waals surface area contributed by atoms with Gasteiger partial charge in [-0.05, 0) is 49.4 Å². The van der Waals surface area contributed by atoms with E-state index in [-0.39, 0.29) is 5.91 Å². The summed E-state index contributed by atoms with van der Waals surface area (Å²) in [5.41, 5.74) is 6.20. The van der Waals surface area contributed by atoms with Gasteiger partial charge in [-0.15, -0.1) is 0 Å². The Labute approximate surface area is 173 Å². The molecule has 0 fully saturated rings. The molecule has 2 heterocycles. The summed E-state index contributed by atoms with van der Waals surface area (Å²) >= 11 is 0. The maximum Gasteiger partial charge on any atom is 0.225 e. The summed E-state index contributed by atoms with van der Waals surface area (Å²) < 4.78 is 13.9. The Morgan fingerprint density at radius 2 is 1.90 bits per heavy atom. The van der Waals surface area contributed by atoms with E-state index in [1.54, 1.807) is 0 Å². The van der Waals surface area contributed by atoms with Crippen molar-refractivity contribution in [1.82, 2.24) is 9.78 Å². The maximum atomic E-state index is 12.7. The number of nitrogens with one attached hydrogen (secondary N) is 1. The van der Waals surface area contributed by atoms with E-state index < -0.39 is 10.8 Å². The average Bonchev–Trinajstić information content (AvgIpc) is 3.22. The van der Waals surface area contributed by atoms with Crippen molar-refractivity contribution in [2.24, 2.45) is 0 Å². The van der Waals surface area contributed by atoms with Crippen molar-refractivity contribution >= 4 is 22.5 Å². The van der Waals surface area contributed by atoms with Gasteiger partial charge in [-0.3, -0.25) is 9.00 Å². The normalized spacial score (nSPS) is 15.3. The van der Waals surface area contributed by atoms with Gasteiger partial charge in [0, 0.05) is 22.8 Å². The fraction of sp³-hybridized carbons (Fsp3) is 0.304. The monoisotopic (exact) mass is 407 g/mol. The number of hydrogen-bond acceptors (Lipinski definition) is 3. The van der Waals surface area contributed by atoms with Gasteiger partial charge in [0.1, 0.15) is 5.82 Å². The summed E-state index contributed by atoms with van der Waals surface area (Å²) in [4.78, 5) is 12.7. The molecule has 3 aromatic rings. The van der Waals surface area contributed by atoms with Crippen molar-refractivity contribution in [1.29, 1.82) is 0 Å². The van der Waals surface area contributed by atoms with Crippen LogP contribution in [0.4, 0.5) is 5.82 Å². The molecular formula is C23H25N3O2S. The number of carbonyl (C=O) groups excluding carboxylic acids is 1. The summed E-state index contributed by atoms with van der Waals surface area (Å²) in [6.45, 7) is 4.12. The predicted octanol–water partition coefficient (Wildman–Crippen LogP) is 4.21. The molecule has 0 bridgehead atoms. The second-order valence-corrected chi connectivity index (χ2v) is 8.98. The zero-order chi connectivity index (χ0) is 20.4. The first-order chi connectivity index (χ1) is 14.0. The van der Waals surface area contributed by atoms with Crippen LogP contribution in [0.25, 0.3) is 5.69 Å². The predicted molar refractivity (Wildman–Crippen MR) is 117 cm³/mol. The Bertz CT molecular complexity index is 1070. The molecule has 0 aliphatic carbocycles. The number of carbonyl (C=O) groups is 1. The lowest BCUT2D eigenvalue weighted by atomic mass is 10.1. The zero-order valence-corrected chi connectivity index (χ0v) is 17.6. The number of benzene rings is 2. The molecule has 6 heteroatoms. The molecular weight excluding hydrogens is 382 g/mol. The second-order valence-electron chi connectivity index (χ2n) is 7.52. The Kier molecular flexibility index (Phi) is 5.62. The lowest BCUT2D eigenvalue weighted by Gasteiger charge is -2.14. The van der Waals surface area contributed by atoms with Gasteiger partial charge >= 0.3 is 0 Å². The number of aromatic nitrogens is 2. The van der Waals surface area contributed by atoms with Crippen molar-refractivity contribution < 1.29 is 9.00 Å². The average molecular weight is 408 g/mol. The highest BCUT2D eigenvalue weighted by atomic mass is 32.2. The van der Waals surface area contributed by atoms with Gasteiger partial charge in [0.25, 0.3) is 0 Å². The minimum atomic E-state index is -0.945. The van der Waals surface area contributed by atoms with Crippen molar-refractivity contribution in [3.63, 3.8) is 0 Å². The topological polar surface area (TPSA) is 64.0 Å². The number of hydrogen-bond donors (Lipinski definition) is 1. The maximum absolute atomic E-state index is 12.7. The summed E-state index contributed by atoms with van der Waals surface area (Å²) in [6.07, 6.45) is 2.08. The molecule has 1 aliphatic heterocycles. The van der Waals surface area contributed by atoms with E-state index >= 15 is 0 Å². The molecule has 150 valence electrons. The molecule has 1 aromatic heterocycles. The first-order valence-electron chi connectivity index (χ1n) is 9.89. The van der Waals surface area contributed by atoms with E-state index in [0.29, 0.717) is 23.7 Å².